The van der Waals surface area contributed by atoms with Gasteiger partial charge in [0.15, 0.2) is 0 Å². The van der Waals surface area contributed by atoms with Crippen LogP contribution in [0.5, 0.6) is 0 Å². The number of nitrogens with zero attached hydrogens (tertiary/aromatic N) is 1. The van der Waals surface area contributed by atoms with Gasteiger partial charge in [-0.05, 0) is 19.8 Å². The summed E-state index contributed by atoms with van der Waals surface area (Å²) in [6, 6.07) is -0.550. The molecule has 1 unspecified atom stereocenters. The Bertz CT molecular complexity index is 235. The highest BCUT2D eigenvalue weighted by molar-refractivity contribution is 5.87. The predicted octanol–water partition coefficient (Wildman–Crippen LogP) is 0.520. The van der Waals surface area contributed by atoms with E-state index in [1.54, 1.807) is 6.92 Å². The highest BCUT2D eigenvalue weighted by atomic mass is 35.5. The molecule has 0 aliphatic carbocycles. The molecule has 0 radical (unpaired) electrons. The van der Waals surface area contributed by atoms with E-state index in [4.69, 9.17) is 5.73 Å². The van der Waals surface area contributed by atoms with E-state index in [0.717, 1.165) is 12.8 Å². The number of nitrogens with one attached hydrogen (secondary N) is 1. The molecular weight excluding hydrogens is 242 g/mol. The first-order chi connectivity index (χ1) is 7.52. The van der Waals surface area contributed by atoms with Gasteiger partial charge in [0.2, 0.25) is 11.8 Å². The van der Waals surface area contributed by atoms with Crippen molar-refractivity contribution in [3.63, 3.8) is 0 Å². The molecule has 0 fully saturated rings. The Morgan fingerprint density at radius 1 is 1.29 bits per heavy atom. The van der Waals surface area contributed by atoms with Crippen LogP contribution in [0, 0.1) is 0 Å². The molecule has 0 aromatic rings. The number of halogens is 1. The molecule has 0 aliphatic heterocycles. The number of hydrogen-bond acceptors (Lipinski definition) is 3. The third-order valence-corrected chi connectivity index (χ3v) is 2.10. The molecule has 0 aliphatic rings. The van der Waals surface area contributed by atoms with Gasteiger partial charge in [-0.1, -0.05) is 13.8 Å². The number of rotatable bonds is 7. The molecule has 3 N–H and O–H groups in total. The lowest BCUT2D eigenvalue weighted by Gasteiger charge is -2.23. The second-order valence-corrected chi connectivity index (χ2v) is 3.90. The molecule has 0 aromatic carbocycles. The zero-order valence-electron chi connectivity index (χ0n) is 10.9. The van der Waals surface area contributed by atoms with Crippen molar-refractivity contribution < 1.29 is 9.59 Å². The summed E-state index contributed by atoms with van der Waals surface area (Å²) >= 11 is 0. The Kier molecular flexibility index (Phi) is 11.3. The van der Waals surface area contributed by atoms with Crippen LogP contribution in [0.25, 0.3) is 0 Å². The summed E-state index contributed by atoms with van der Waals surface area (Å²) in [6.45, 7) is 6.90. The average molecular weight is 266 g/mol. The number of nitrogens with two attached hydrogens (primary N) is 1. The van der Waals surface area contributed by atoms with Crippen molar-refractivity contribution >= 4 is 24.2 Å². The topological polar surface area (TPSA) is 75.4 Å². The maximum atomic E-state index is 11.7. The van der Waals surface area contributed by atoms with E-state index in [9.17, 15) is 9.59 Å². The second-order valence-electron chi connectivity index (χ2n) is 3.90. The number of carbonyl (C=O) groups excluding carboxylic acids is 2. The van der Waals surface area contributed by atoms with Crippen molar-refractivity contribution in [1.29, 1.82) is 0 Å². The van der Waals surface area contributed by atoms with Crippen LogP contribution >= 0.6 is 12.4 Å². The molecule has 17 heavy (non-hydrogen) atoms. The Labute approximate surface area is 110 Å². The normalized spacial score (nSPS) is 11.3. The zero-order valence-corrected chi connectivity index (χ0v) is 11.7. The minimum absolute atomic E-state index is 0. The fourth-order valence-electron chi connectivity index (χ4n) is 1.32. The summed E-state index contributed by atoms with van der Waals surface area (Å²) in [6.07, 6.45) is 1.71. The van der Waals surface area contributed by atoms with Crippen LogP contribution in [0.4, 0.5) is 0 Å². The Morgan fingerprint density at radius 3 is 2.29 bits per heavy atom. The maximum Gasteiger partial charge on any atom is 0.239 e. The van der Waals surface area contributed by atoms with E-state index in [-0.39, 0.29) is 30.8 Å². The summed E-state index contributed by atoms with van der Waals surface area (Å²) in [5.74, 6) is -0.294. The molecule has 0 saturated heterocycles. The van der Waals surface area contributed by atoms with Crippen molar-refractivity contribution in [3.05, 3.63) is 0 Å². The molecule has 0 saturated carbocycles. The minimum atomic E-state index is -0.550. The standard InChI is InChI=1S/C11H23N3O2.ClH/c1-4-6-13-10(15)8-14(7-5-2)11(16)9(3)12;/h9H,4-8,12H2,1-3H3,(H,13,15);1H. The maximum absolute atomic E-state index is 11.7. The largest absolute Gasteiger partial charge is 0.355 e. The van der Waals surface area contributed by atoms with Gasteiger partial charge in [0.1, 0.15) is 0 Å². The lowest BCUT2D eigenvalue weighted by atomic mass is 10.2. The molecule has 5 nitrogen and oxygen atoms in total. The number of amides is 2. The van der Waals surface area contributed by atoms with Gasteiger partial charge in [-0.15, -0.1) is 12.4 Å². The molecule has 0 rings (SSSR count). The fourth-order valence-corrected chi connectivity index (χ4v) is 1.32. The van der Waals surface area contributed by atoms with Crippen LogP contribution < -0.4 is 11.1 Å². The van der Waals surface area contributed by atoms with Crippen molar-refractivity contribution in [2.45, 2.75) is 39.7 Å². The molecular formula is C11H24ClN3O2. The third kappa shape index (κ3) is 7.99. The fraction of sp³-hybridized carbons (Fsp3) is 0.818. The lowest BCUT2D eigenvalue weighted by molar-refractivity contribution is -0.136. The van der Waals surface area contributed by atoms with Crippen LogP contribution in [-0.4, -0.2) is 42.4 Å². The van der Waals surface area contributed by atoms with E-state index < -0.39 is 6.04 Å². The number of hydrogen-bond donors (Lipinski definition) is 2. The quantitative estimate of drug-likeness (QED) is 0.705. The van der Waals surface area contributed by atoms with Crippen LogP contribution in [0.1, 0.15) is 33.6 Å². The molecule has 0 spiro atoms. The van der Waals surface area contributed by atoms with Gasteiger partial charge >= 0.3 is 0 Å². The Morgan fingerprint density at radius 2 is 1.88 bits per heavy atom. The first kappa shape index (κ1) is 18.6. The van der Waals surface area contributed by atoms with Gasteiger partial charge in [-0.3, -0.25) is 9.59 Å². The molecule has 1 atom stereocenters. The SMILES string of the molecule is CCCNC(=O)CN(CCC)C(=O)C(C)N.Cl. The van der Waals surface area contributed by atoms with Gasteiger partial charge in [0.05, 0.1) is 12.6 Å². The first-order valence-electron chi connectivity index (χ1n) is 5.83. The second kappa shape index (κ2) is 10.4. The summed E-state index contributed by atoms with van der Waals surface area (Å²) in [7, 11) is 0. The summed E-state index contributed by atoms with van der Waals surface area (Å²) < 4.78 is 0. The molecule has 0 heterocycles. The molecule has 6 heteroatoms. The van der Waals surface area contributed by atoms with Crippen molar-refractivity contribution in [2.24, 2.45) is 5.73 Å². The van der Waals surface area contributed by atoms with Gasteiger partial charge in [0, 0.05) is 13.1 Å². The van der Waals surface area contributed by atoms with Crippen molar-refractivity contribution in [1.82, 2.24) is 10.2 Å². The van der Waals surface area contributed by atoms with Gasteiger partial charge in [0.25, 0.3) is 0 Å². The molecule has 2 amide bonds. The van der Waals surface area contributed by atoms with E-state index in [0.29, 0.717) is 13.1 Å². The highest BCUT2D eigenvalue weighted by Crippen LogP contribution is 1.95. The van der Waals surface area contributed by atoms with Crippen molar-refractivity contribution in [3.8, 4) is 0 Å². The van der Waals surface area contributed by atoms with Gasteiger partial charge in [-0.2, -0.15) is 0 Å². The Balaban J connectivity index is 0. The Hall–Kier alpha value is -0.810. The summed E-state index contributed by atoms with van der Waals surface area (Å²) in [5, 5.41) is 2.74. The third-order valence-electron chi connectivity index (χ3n) is 2.10. The van der Waals surface area contributed by atoms with E-state index >= 15 is 0 Å². The van der Waals surface area contributed by atoms with E-state index in [2.05, 4.69) is 5.32 Å². The van der Waals surface area contributed by atoms with E-state index in [1.165, 1.54) is 4.90 Å². The predicted molar refractivity (Wildman–Crippen MR) is 71.1 cm³/mol. The van der Waals surface area contributed by atoms with Crippen molar-refractivity contribution in [2.75, 3.05) is 19.6 Å². The van der Waals surface area contributed by atoms with Crippen LogP contribution in [0.15, 0.2) is 0 Å². The molecule has 0 bridgehead atoms. The van der Waals surface area contributed by atoms with Crippen LogP contribution in [-0.2, 0) is 9.59 Å². The minimum Gasteiger partial charge on any atom is -0.355 e. The highest BCUT2D eigenvalue weighted by Gasteiger charge is 2.18. The summed E-state index contributed by atoms with van der Waals surface area (Å²) in [4.78, 5) is 24.6. The number of carbonyl (C=O) groups is 2. The van der Waals surface area contributed by atoms with E-state index in [1.807, 2.05) is 13.8 Å². The molecule has 0 aromatic heterocycles. The van der Waals surface area contributed by atoms with Crippen LogP contribution in [0.2, 0.25) is 0 Å². The average Bonchev–Trinajstić information content (AvgIpc) is 2.24. The first-order valence-corrected chi connectivity index (χ1v) is 5.83. The van der Waals surface area contributed by atoms with Gasteiger partial charge < -0.3 is 16.0 Å². The monoisotopic (exact) mass is 265 g/mol. The lowest BCUT2D eigenvalue weighted by Crippen LogP contribution is -2.47. The smallest absolute Gasteiger partial charge is 0.239 e. The summed E-state index contributed by atoms with van der Waals surface area (Å²) in [5.41, 5.74) is 5.52. The van der Waals surface area contributed by atoms with Crippen LogP contribution in [0.3, 0.4) is 0 Å². The van der Waals surface area contributed by atoms with Gasteiger partial charge in [-0.25, -0.2) is 0 Å². The zero-order chi connectivity index (χ0) is 12.6. The molecule has 102 valence electrons.